The minimum atomic E-state index is -0.0889. The molecule has 37 heavy (non-hydrogen) atoms. The van der Waals surface area contributed by atoms with Crippen LogP contribution in [0, 0.1) is 11.3 Å². The smallest absolute Gasteiger partial charge is 0.242 e. The highest BCUT2D eigenvalue weighted by molar-refractivity contribution is 5.85. The molecule has 0 bridgehead atoms. The van der Waals surface area contributed by atoms with Gasteiger partial charge in [-0.2, -0.15) is 0 Å². The van der Waals surface area contributed by atoms with Crippen LogP contribution in [0.2, 0.25) is 0 Å². The summed E-state index contributed by atoms with van der Waals surface area (Å²) in [7, 11) is 3.21. The number of methoxy groups -OCH3 is 2. The Hall–Kier alpha value is -2.96. The van der Waals surface area contributed by atoms with Crippen LogP contribution in [0.4, 0.5) is 0 Å². The van der Waals surface area contributed by atoms with E-state index in [0.717, 1.165) is 18.4 Å². The predicted molar refractivity (Wildman–Crippen MR) is 147 cm³/mol. The summed E-state index contributed by atoms with van der Waals surface area (Å²) in [5, 5.41) is 0. The van der Waals surface area contributed by atoms with Crippen LogP contribution in [0.1, 0.15) is 72.1 Å². The summed E-state index contributed by atoms with van der Waals surface area (Å²) in [4.78, 5) is 30.5. The molecule has 2 amide bonds. The average molecular weight is 515 g/mol. The molecular weight excluding hydrogens is 468 g/mol. The molecule has 0 saturated carbocycles. The molecule has 0 spiro atoms. The molecule has 2 rings (SSSR count). The van der Waals surface area contributed by atoms with Crippen molar-refractivity contribution in [3.8, 4) is 11.5 Å². The lowest BCUT2D eigenvalue weighted by atomic mass is 9.84. The van der Waals surface area contributed by atoms with Crippen molar-refractivity contribution < 1.29 is 23.5 Å². The van der Waals surface area contributed by atoms with Crippen molar-refractivity contribution in [3.05, 3.63) is 47.9 Å². The van der Waals surface area contributed by atoms with Gasteiger partial charge in [0.05, 0.1) is 27.0 Å². The van der Waals surface area contributed by atoms with Gasteiger partial charge in [0, 0.05) is 19.0 Å². The number of amides is 2. The Bertz CT molecular complexity index is 980. The molecule has 0 saturated heterocycles. The molecule has 1 aromatic heterocycles. The van der Waals surface area contributed by atoms with Crippen LogP contribution in [0.25, 0.3) is 0 Å². The van der Waals surface area contributed by atoms with Crippen molar-refractivity contribution in [2.45, 2.75) is 79.8 Å². The fourth-order valence-electron chi connectivity index (χ4n) is 4.67. The lowest BCUT2D eigenvalue weighted by Crippen LogP contribution is -2.47. The van der Waals surface area contributed by atoms with Gasteiger partial charge in [-0.05, 0) is 67.3 Å². The van der Waals surface area contributed by atoms with Crippen molar-refractivity contribution in [1.82, 2.24) is 9.80 Å². The van der Waals surface area contributed by atoms with Gasteiger partial charge in [0.1, 0.15) is 12.3 Å². The molecule has 7 nitrogen and oxygen atoms in total. The number of benzene rings is 1. The summed E-state index contributed by atoms with van der Waals surface area (Å²) in [6, 6.07) is 9.44. The largest absolute Gasteiger partial charge is 0.493 e. The maximum atomic E-state index is 13.6. The Balaban J connectivity index is 2.17. The highest BCUT2D eigenvalue weighted by Gasteiger charge is 2.27. The van der Waals surface area contributed by atoms with Crippen molar-refractivity contribution >= 4 is 11.8 Å². The zero-order valence-corrected chi connectivity index (χ0v) is 24.0. The third-order valence-corrected chi connectivity index (χ3v) is 6.63. The van der Waals surface area contributed by atoms with Crippen LogP contribution in [0.15, 0.2) is 41.0 Å². The molecule has 0 aliphatic rings. The number of nitrogens with zero attached hydrogens (tertiary/aromatic N) is 2. The van der Waals surface area contributed by atoms with E-state index in [1.807, 2.05) is 44.2 Å². The van der Waals surface area contributed by atoms with Crippen LogP contribution >= 0.6 is 0 Å². The van der Waals surface area contributed by atoms with Crippen LogP contribution in [-0.4, -0.2) is 55.0 Å². The molecule has 0 unspecified atom stereocenters. The second kappa shape index (κ2) is 14.1. The average Bonchev–Trinajstić information content (AvgIpc) is 3.36. The fourth-order valence-corrected chi connectivity index (χ4v) is 4.67. The molecule has 206 valence electrons. The van der Waals surface area contributed by atoms with E-state index in [0.29, 0.717) is 43.2 Å². The predicted octanol–water partition coefficient (Wildman–Crippen LogP) is 5.96. The summed E-state index contributed by atoms with van der Waals surface area (Å²) in [5.74, 6) is 2.23. The highest BCUT2D eigenvalue weighted by atomic mass is 16.5. The van der Waals surface area contributed by atoms with Gasteiger partial charge in [-0.25, -0.2) is 0 Å². The Morgan fingerprint density at radius 3 is 2.30 bits per heavy atom. The molecule has 1 heterocycles. The molecule has 7 heteroatoms. The lowest BCUT2D eigenvalue weighted by Gasteiger charge is -2.32. The molecule has 0 fully saturated rings. The number of furan rings is 1. The van der Waals surface area contributed by atoms with Gasteiger partial charge in [-0.3, -0.25) is 9.59 Å². The van der Waals surface area contributed by atoms with Crippen molar-refractivity contribution in [2.75, 3.05) is 27.3 Å². The number of hydrogen-bond donors (Lipinski definition) is 0. The van der Waals surface area contributed by atoms with Crippen LogP contribution in [-0.2, 0) is 22.6 Å². The first-order valence-corrected chi connectivity index (χ1v) is 13.3. The van der Waals surface area contributed by atoms with Gasteiger partial charge in [-0.15, -0.1) is 0 Å². The minimum Gasteiger partial charge on any atom is -0.493 e. The van der Waals surface area contributed by atoms with Crippen molar-refractivity contribution in [2.24, 2.45) is 11.3 Å². The number of ether oxygens (including phenoxy) is 2. The molecule has 0 N–H and O–H groups in total. The van der Waals surface area contributed by atoms with Crippen LogP contribution in [0.5, 0.6) is 11.5 Å². The van der Waals surface area contributed by atoms with Gasteiger partial charge < -0.3 is 23.7 Å². The Labute approximate surface area is 223 Å². The summed E-state index contributed by atoms with van der Waals surface area (Å²) in [6.45, 7) is 13.6. The Morgan fingerprint density at radius 1 is 1.03 bits per heavy atom. The summed E-state index contributed by atoms with van der Waals surface area (Å²) in [5.41, 5.74) is 1.18. The SMILES string of the molecule is CC[C@@H](C)N(CC(=O)N(CCc1ccc(OC)c(OC)c1)Cc1ccco1)C(=O)C[C@H](C)CC(C)(C)C. The number of rotatable bonds is 14. The van der Waals surface area contributed by atoms with Gasteiger partial charge >= 0.3 is 0 Å². The molecule has 0 aliphatic heterocycles. The molecule has 0 aliphatic carbocycles. The number of carbonyl (C=O) groups excluding carboxylic acids is 2. The lowest BCUT2D eigenvalue weighted by molar-refractivity contribution is -0.143. The first-order valence-electron chi connectivity index (χ1n) is 13.3. The topological polar surface area (TPSA) is 72.2 Å². The normalized spacial score (nSPS) is 13.1. The Morgan fingerprint density at radius 2 is 1.73 bits per heavy atom. The molecular formula is C30H46N2O5. The van der Waals surface area contributed by atoms with E-state index in [9.17, 15) is 9.59 Å². The van der Waals surface area contributed by atoms with Crippen molar-refractivity contribution in [3.63, 3.8) is 0 Å². The fraction of sp³-hybridized carbons (Fsp3) is 0.600. The van der Waals surface area contributed by atoms with E-state index in [2.05, 4.69) is 27.7 Å². The third-order valence-electron chi connectivity index (χ3n) is 6.63. The Kier molecular flexibility index (Phi) is 11.5. The van der Waals surface area contributed by atoms with Gasteiger partial charge in [0.2, 0.25) is 11.8 Å². The van der Waals surface area contributed by atoms with E-state index in [1.165, 1.54) is 0 Å². The van der Waals surface area contributed by atoms with E-state index < -0.39 is 0 Å². The van der Waals surface area contributed by atoms with E-state index in [4.69, 9.17) is 13.9 Å². The van der Waals surface area contributed by atoms with Gasteiger partial charge in [0.25, 0.3) is 0 Å². The zero-order valence-electron chi connectivity index (χ0n) is 24.0. The maximum absolute atomic E-state index is 13.6. The van der Waals surface area contributed by atoms with Crippen LogP contribution in [0.3, 0.4) is 0 Å². The first kappa shape index (κ1) is 30.3. The molecule has 2 aromatic rings. The standard InChI is InChI=1S/C30H46N2O5/c1-9-23(3)32(28(33)17-22(2)19-30(4,5)6)21-29(34)31(20-25-11-10-16-37-25)15-14-24-12-13-26(35-7)27(18-24)36-8/h10-13,16,18,22-23H,9,14-15,17,19-21H2,1-8H3/t22-,23+/m0/s1. The summed E-state index contributed by atoms with van der Waals surface area (Å²) < 4.78 is 16.3. The van der Waals surface area contributed by atoms with Crippen molar-refractivity contribution in [1.29, 1.82) is 0 Å². The summed E-state index contributed by atoms with van der Waals surface area (Å²) in [6.07, 6.45) is 4.43. The number of carbonyl (C=O) groups is 2. The third kappa shape index (κ3) is 9.78. The minimum absolute atomic E-state index is 0.0189. The molecule has 1 aromatic carbocycles. The van der Waals surface area contributed by atoms with E-state index >= 15 is 0 Å². The zero-order chi connectivity index (χ0) is 27.6. The number of hydrogen-bond acceptors (Lipinski definition) is 5. The quantitative estimate of drug-likeness (QED) is 0.311. The maximum Gasteiger partial charge on any atom is 0.242 e. The monoisotopic (exact) mass is 514 g/mol. The molecule has 2 atom stereocenters. The highest BCUT2D eigenvalue weighted by Crippen LogP contribution is 2.28. The van der Waals surface area contributed by atoms with Gasteiger partial charge in [-0.1, -0.05) is 40.7 Å². The second-order valence-electron chi connectivity index (χ2n) is 11.2. The molecule has 0 radical (unpaired) electrons. The second-order valence-corrected chi connectivity index (χ2v) is 11.2. The van der Waals surface area contributed by atoms with E-state index in [1.54, 1.807) is 30.3 Å². The first-order chi connectivity index (χ1) is 17.5. The van der Waals surface area contributed by atoms with E-state index in [-0.39, 0.29) is 35.7 Å². The summed E-state index contributed by atoms with van der Waals surface area (Å²) >= 11 is 0. The van der Waals surface area contributed by atoms with Crippen LogP contribution < -0.4 is 9.47 Å². The van der Waals surface area contributed by atoms with Gasteiger partial charge in [0.15, 0.2) is 11.5 Å².